The molecule has 1 rings (SSSR count). The van der Waals surface area contributed by atoms with Crippen LogP contribution in [-0.4, -0.2) is 16.3 Å². The van der Waals surface area contributed by atoms with Crippen molar-refractivity contribution in [2.24, 2.45) is 0 Å². The molecule has 54 valence electrons. The minimum atomic E-state index is 0. The van der Waals surface area contributed by atoms with Crippen molar-refractivity contribution in [3.05, 3.63) is 35.4 Å². The monoisotopic (exact) mass is 150 g/mol. The zero-order chi connectivity index (χ0) is 7.56. The zero-order valence-electron chi connectivity index (χ0n) is 6.89. The van der Waals surface area contributed by atoms with E-state index in [9.17, 15) is 0 Å². The normalized spacial score (nSPS) is 13.0. The fourth-order valence-corrected chi connectivity index (χ4v) is 1.34. The molecule has 1 aromatic carbocycles. The highest BCUT2D eigenvalue weighted by Gasteiger charge is 1.95. The molecule has 0 N–H and O–H groups in total. The first-order valence-corrected chi connectivity index (χ1v) is 4.92. The quantitative estimate of drug-likeness (QED) is 0.537. The third-order valence-electron chi connectivity index (χ3n) is 1.74. The molecule has 10 heavy (non-hydrogen) atoms. The number of rotatable bonds is 1. The van der Waals surface area contributed by atoms with Crippen LogP contribution in [0.15, 0.2) is 24.3 Å². The Labute approximate surface area is 72.2 Å². The van der Waals surface area contributed by atoms with Gasteiger partial charge in [-0.05, 0) is 6.92 Å². The summed E-state index contributed by atoms with van der Waals surface area (Å²) in [5.74, 6) is 0. The molecule has 0 aliphatic heterocycles. The number of benzene rings is 1. The minimum Gasteiger partial charge on any atom is -0.0712 e. The van der Waals surface area contributed by atoms with Gasteiger partial charge in [-0.3, -0.25) is 0 Å². The van der Waals surface area contributed by atoms with Crippen LogP contribution >= 0.6 is 0 Å². The molecule has 0 bridgehead atoms. The van der Waals surface area contributed by atoms with Crippen molar-refractivity contribution in [1.82, 2.24) is 0 Å². The van der Waals surface area contributed by atoms with Gasteiger partial charge in [0.05, 0.1) is 0 Å². The van der Waals surface area contributed by atoms with E-state index in [1.165, 1.54) is 27.4 Å². The molecule has 0 fully saturated rings. The van der Waals surface area contributed by atoms with E-state index in [2.05, 4.69) is 38.1 Å². The summed E-state index contributed by atoms with van der Waals surface area (Å²) in [7, 11) is 0. The van der Waals surface area contributed by atoms with Crippen molar-refractivity contribution in [1.29, 1.82) is 0 Å². The standard InChI is InChI=1S/C9H11.Al.H2.2H/c1-3-9-6-4-8(2)5-7-9;;;;/h3-7H,1-2H3;;1H;;. The molecule has 1 atom stereocenters. The predicted octanol–water partition coefficient (Wildman–Crippen LogP) is 1.94. The predicted molar refractivity (Wildman–Crippen MR) is 50.3 cm³/mol. The Balaban J connectivity index is 0.000001000. The van der Waals surface area contributed by atoms with Gasteiger partial charge in [-0.2, -0.15) is 0 Å². The second-order valence-corrected chi connectivity index (χ2v) is 4.80. The van der Waals surface area contributed by atoms with Gasteiger partial charge in [0.25, 0.3) is 0 Å². The molecule has 0 nitrogen and oxygen atoms in total. The summed E-state index contributed by atoms with van der Waals surface area (Å²) in [4.78, 5) is 0. The van der Waals surface area contributed by atoms with Gasteiger partial charge in [0, 0.05) is 1.43 Å². The topological polar surface area (TPSA) is 0 Å². The van der Waals surface area contributed by atoms with E-state index in [0.717, 1.165) is 4.78 Å². The van der Waals surface area contributed by atoms with Gasteiger partial charge in [-0.1, -0.05) is 47.1 Å². The summed E-state index contributed by atoms with van der Waals surface area (Å²) in [5, 5.41) is 0. The van der Waals surface area contributed by atoms with Gasteiger partial charge in [-0.25, -0.2) is 0 Å². The lowest BCUT2D eigenvalue weighted by Gasteiger charge is -2.03. The first-order chi connectivity index (χ1) is 4.70. The summed E-state index contributed by atoms with van der Waals surface area (Å²) in [6.45, 7) is 4.40. The maximum absolute atomic E-state index is 2.27. The van der Waals surface area contributed by atoms with Crippen molar-refractivity contribution in [2.75, 3.05) is 0 Å². The second-order valence-electron chi connectivity index (χ2n) is 3.07. The van der Waals surface area contributed by atoms with Crippen molar-refractivity contribution in [3.8, 4) is 0 Å². The van der Waals surface area contributed by atoms with E-state index in [4.69, 9.17) is 0 Å². The highest BCUT2D eigenvalue weighted by atomic mass is 27.0. The van der Waals surface area contributed by atoms with Crippen LogP contribution in [-0.2, 0) is 0 Å². The molecular formula is C9H15Al. The highest BCUT2D eigenvalue weighted by molar-refractivity contribution is 6.12. The van der Waals surface area contributed by atoms with Gasteiger partial charge in [0.2, 0.25) is 16.3 Å². The van der Waals surface area contributed by atoms with Crippen molar-refractivity contribution < 1.29 is 1.43 Å². The molecule has 1 aromatic rings. The Bertz CT molecular complexity index is 203. The van der Waals surface area contributed by atoms with Crippen LogP contribution in [0.1, 0.15) is 24.3 Å². The van der Waals surface area contributed by atoms with E-state index in [1.807, 2.05) is 0 Å². The molecule has 0 saturated carbocycles. The molecule has 0 aliphatic rings. The van der Waals surface area contributed by atoms with E-state index < -0.39 is 0 Å². The fourth-order valence-electron chi connectivity index (χ4n) is 0.951. The number of hydrogen-bond acceptors (Lipinski definition) is 0. The minimum absolute atomic E-state index is 0. The molecular weight excluding hydrogens is 135 g/mol. The molecule has 0 aromatic heterocycles. The SMILES string of the molecule is Cc1ccc([CH](C)[AlH2])cc1.[HH]. The molecule has 0 radical (unpaired) electrons. The Morgan fingerprint density at radius 2 is 1.80 bits per heavy atom. The molecule has 0 aliphatic carbocycles. The molecule has 1 unspecified atom stereocenters. The van der Waals surface area contributed by atoms with Gasteiger partial charge in [-0.15, -0.1) is 0 Å². The van der Waals surface area contributed by atoms with Crippen LogP contribution in [0.25, 0.3) is 0 Å². The third-order valence-corrected chi connectivity index (χ3v) is 2.41. The maximum Gasteiger partial charge on any atom is 0.222 e. The largest absolute Gasteiger partial charge is 0.222 e. The average Bonchev–Trinajstić information content (AvgIpc) is 1.88. The maximum atomic E-state index is 2.27. The van der Waals surface area contributed by atoms with E-state index >= 15 is 0 Å². The van der Waals surface area contributed by atoms with Crippen LogP contribution in [0.4, 0.5) is 0 Å². The van der Waals surface area contributed by atoms with Gasteiger partial charge < -0.3 is 0 Å². The van der Waals surface area contributed by atoms with Crippen molar-refractivity contribution in [3.63, 3.8) is 0 Å². The molecule has 0 spiro atoms. The summed E-state index contributed by atoms with van der Waals surface area (Å²) >= 11 is 1.25. The lowest BCUT2D eigenvalue weighted by Crippen LogP contribution is -1.90. The van der Waals surface area contributed by atoms with E-state index in [1.54, 1.807) is 0 Å². The average molecular weight is 150 g/mol. The van der Waals surface area contributed by atoms with Crippen LogP contribution in [0.2, 0.25) is 0 Å². The number of hydrogen-bond donors (Lipinski definition) is 0. The zero-order valence-corrected chi connectivity index (χ0v) is 8.89. The first kappa shape index (κ1) is 7.86. The Morgan fingerprint density at radius 1 is 1.30 bits per heavy atom. The molecule has 0 amide bonds. The lowest BCUT2D eigenvalue weighted by atomic mass is 10.1. The number of aryl methyl sites for hydroxylation is 1. The Hall–Kier alpha value is -0.248. The van der Waals surface area contributed by atoms with Crippen LogP contribution < -0.4 is 0 Å². The summed E-state index contributed by atoms with van der Waals surface area (Å²) in [5.41, 5.74) is 2.84. The van der Waals surface area contributed by atoms with Gasteiger partial charge in [0.1, 0.15) is 0 Å². The molecule has 0 heterocycles. The fraction of sp³-hybridized carbons (Fsp3) is 0.333. The van der Waals surface area contributed by atoms with Gasteiger partial charge in [0.15, 0.2) is 0 Å². The lowest BCUT2D eigenvalue weighted by molar-refractivity contribution is 1.08. The molecule has 0 saturated heterocycles. The molecule has 1 heteroatoms. The van der Waals surface area contributed by atoms with Gasteiger partial charge >= 0.3 is 0 Å². The van der Waals surface area contributed by atoms with E-state index in [0.29, 0.717) is 0 Å². The summed E-state index contributed by atoms with van der Waals surface area (Å²) < 4.78 is 0.792. The summed E-state index contributed by atoms with van der Waals surface area (Å²) in [6, 6.07) is 8.83. The van der Waals surface area contributed by atoms with Crippen LogP contribution in [0.5, 0.6) is 0 Å². The smallest absolute Gasteiger partial charge is 0.0712 e. The van der Waals surface area contributed by atoms with Crippen molar-refractivity contribution in [2.45, 2.75) is 18.6 Å². The summed E-state index contributed by atoms with van der Waals surface area (Å²) in [6.07, 6.45) is 0. The van der Waals surface area contributed by atoms with Crippen LogP contribution in [0.3, 0.4) is 0 Å². The van der Waals surface area contributed by atoms with Crippen LogP contribution in [0, 0.1) is 6.92 Å². The second kappa shape index (κ2) is 3.23. The first-order valence-electron chi connectivity index (χ1n) is 3.76. The Morgan fingerprint density at radius 3 is 2.20 bits per heavy atom. The van der Waals surface area contributed by atoms with E-state index in [-0.39, 0.29) is 1.43 Å². The highest BCUT2D eigenvalue weighted by Crippen LogP contribution is 2.11. The van der Waals surface area contributed by atoms with Crippen molar-refractivity contribution >= 4 is 16.3 Å². The third kappa shape index (κ3) is 1.87. The Kier molecular flexibility index (Phi) is 2.54.